The van der Waals surface area contributed by atoms with Crippen LogP contribution in [0.25, 0.3) is 0 Å². The Labute approximate surface area is 192 Å². The van der Waals surface area contributed by atoms with Gasteiger partial charge in [0.1, 0.15) is 5.82 Å². The molecule has 1 aliphatic carbocycles. The van der Waals surface area contributed by atoms with Crippen LogP contribution in [0, 0.1) is 0 Å². The number of carbonyl (C=O) groups excluding carboxylic acids is 1. The Morgan fingerprint density at radius 3 is 2.61 bits per heavy atom. The number of amides is 1. The van der Waals surface area contributed by atoms with Crippen molar-refractivity contribution in [1.82, 2.24) is 19.3 Å². The molecule has 0 unspecified atom stereocenters. The SMILES string of the molecule is CCc1cccc(C2(Cc3nc(=O)c(O)c4n3CCN(c3ccn(C)n3)C4=O)CCCC2)c1. The van der Waals surface area contributed by atoms with Gasteiger partial charge in [0, 0.05) is 44.2 Å². The van der Waals surface area contributed by atoms with Crippen LogP contribution in [0.15, 0.2) is 41.3 Å². The number of aromatic hydroxyl groups is 1. The lowest BCUT2D eigenvalue weighted by atomic mass is 9.75. The van der Waals surface area contributed by atoms with E-state index in [-0.39, 0.29) is 11.1 Å². The van der Waals surface area contributed by atoms with Gasteiger partial charge in [0.25, 0.3) is 5.91 Å². The quantitative estimate of drug-likeness (QED) is 0.649. The van der Waals surface area contributed by atoms with Crippen LogP contribution in [-0.4, -0.2) is 36.9 Å². The highest BCUT2D eigenvalue weighted by Crippen LogP contribution is 2.44. The van der Waals surface area contributed by atoms with Gasteiger partial charge in [-0.2, -0.15) is 10.1 Å². The number of hydrogen-bond acceptors (Lipinski definition) is 5. The maximum Gasteiger partial charge on any atom is 0.315 e. The van der Waals surface area contributed by atoms with E-state index in [9.17, 15) is 14.7 Å². The van der Waals surface area contributed by atoms with Crippen LogP contribution in [0.2, 0.25) is 0 Å². The van der Waals surface area contributed by atoms with Crippen molar-refractivity contribution in [3.63, 3.8) is 0 Å². The summed E-state index contributed by atoms with van der Waals surface area (Å²) in [6.45, 7) is 2.99. The predicted octanol–water partition coefficient (Wildman–Crippen LogP) is 2.96. The average Bonchev–Trinajstić information content (AvgIpc) is 3.47. The lowest BCUT2D eigenvalue weighted by Crippen LogP contribution is -2.44. The average molecular weight is 448 g/mol. The molecule has 0 bridgehead atoms. The van der Waals surface area contributed by atoms with Crippen molar-refractivity contribution in [3.05, 3.63) is 69.5 Å². The maximum atomic E-state index is 13.4. The van der Waals surface area contributed by atoms with E-state index < -0.39 is 17.2 Å². The van der Waals surface area contributed by atoms with Crippen LogP contribution in [0.1, 0.15) is 60.0 Å². The summed E-state index contributed by atoms with van der Waals surface area (Å²) in [5.41, 5.74) is 1.70. The van der Waals surface area contributed by atoms with Crippen molar-refractivity contribution >= 4 is 11.7 Å². The summed E-state index contributed by atoms with van der Waals surface area (Å²) >= 11 is 0. The second-order valence-electron chi connectivity index (χ2n) is 9.20. The molecule has 8 heteroatoms. The molecule has 2 aromatic heterocycles. The second kappa shape index (κ2) is 8.17. The third kappa shape index (κ3) is 3.63. The molecular formula is C25H29N5O3. The van der Waals surface area contributed by atoms with E-state index in [4.69, 9.17) is 0 Å². The molecule has 5 rings (SSSR count). The minimum Gasteiger partial charge on any atom is -0.501 e. The zero-order valence-electron chi connectivity index (χ0n) is 19.1. The molecule has 0 saturated heterocycles. The van der Waals surface area contributed by atoms with Crippen molar-refractivity contribution < 1.29 is 9.90 Å². The first-order valence-electron chi connectivity index (χ1n) is 11.7. The molecule has 0 radical (unpaired) electrons. The van der Waals surface area contributed by atoms with Gasteiger partial charge < -0.3 is 9.67 Å². The van der Waals surface area contributed by atoms with E-state index in [1.54, 1.807) is 28.6 Å². The van der Waals surface area contributed by atoms with Crippen LogP contribution in [0.4, 0.5) is 5.82 Å². The third-order valence-electron chi connectivity index (χ3n) is 7.21. The fraction of sp³-hybridized carbons (Fsp3) is 0.440. The number of benzene rings is 1. The molecule has 8 nitrogen and oxygen atoms in total. The van der Waals surface area contributed by atoms with E-state index >= 15 is 0 Å². The van der Waals surface area contributed by atoms with Crippen molar-refractivity contribution in [2.45, 2.75) is 57.4 Å². The van der Waals surface area contributed by atoms with Crippen molar-refractivity contribution in [2.24, 2.45) is 7.05 Å². The Balaban J connectivity index is 1.57. The lowest BCUT2D eigenvalue weighted by molar-refractivity contribution is 0.0956. The third-order valence-corrected chi connectivity index (χ3v) is 7.21. The lowest BCUT2D eigenvalue weighted by Gasteiger charge is -2.34. The molecule has 1 saturated carbocycles. The van der Waals surface area contributed by atoms with E-state index in [1.807, 2.05) is 0 Å². The Morgan fingerprint density at radius 2 is 1.91 bits per heavy atom. The smallest absolute Gasteiger partial charge is 0.315 e. The van der Waals surface area contributed by atoms with Crippen LogP contribution in [0.5, 0.6) is 5.75 Å². The molecule has 3 aromatic rings. The molecule has 1 fully saturated rings. The molecule has 2 aliphatic rings. The summed E-state index contributed by atoms with van der Waals surface area (Å²) in [6.07, 6.45) is 7.57. The molecule has 1 aromatic carbocycles. The monoisotopic (exact) mass is 447 g/mol. The van der Waals surface area contributed by atoms with Gasteiger partial charge >= 0.3 is 5.56 Å². The molecule has 0 spiro atoms. The van der Waals surface area contributed by atoms with Gasteiger partial charge in [-0.15, -0.1) is 0 Å². The first kappa shape index (κ1) is 21.4. The van der Waals surface area contributed by atoms with E-state index in [2.05, 4.69) is 41.3 Å². The van der Waals surface area contributed by atoms with Crippen molar-refractivity contribution in [3.8, 4) is 5.75 Å². The van der Waals surface area contributed by atoms with E-state index in [0.717, 1.165) is 32.1 Å². The summed E-state index contributed by atoms with van der Waals surface area (Å²) in [7, 11) is 1.78. The Kier molecular flexibility index (Phi) is 5.31. The zero-order valence-corrected chi connectivity index (χ0v) is 19.1. The summed E-state index contributed by atoms with van der Waals surface area (Å²) in [4.78, 5) is 31.8. The van der Waals surface area contributed by atoms with Crippen LogP contribution in [0.3, 0.4) is 0 Å². The largest absolute Gasteiger partial charge is 0.501 e. The minimum absolute atomic E-state index is 0.0114. The van der Waals surface area contributed by atoms with Gasteiger partial charge in [0.05, 0.1) is 0 Å². The number of nitrogens with zero attached hydrogens (tertiary/aromatic N) is 5. The Bertz CT molecular complexity index is 1270. The first-order chi connectivity index (χ1) is 15.9. The number of carbonyl (C=O) groups is 1. The summed E-state index contributed by atoms with van der Waals surface area (Å²) in [6, 6.07) is 10.4. The number of anilines is 1. The van der Waals surface area contributed by atoms with Gasteiger partial charge in [-0.25, -0.2) is 0 Å². The molecule has 1 amide bonds. The molecule has 3 heterocycles. The first-order valence-corrected chi connectivity index (χ1v) is 11.7. The zero-order chi connectivity index (χ0) is 23.2. The summed E-state index contributed by atoms with van der Waals surface area (Å²) in [5.74, 6) is 0.0673. The van der Waals surface area contributed by atoms with Crippen molar-refractivity contribution in [2.75, 3.05) is 11.4 Å². The highest BCUT2D eigenvalue weighted by molar-refractivity contribution is 6.06. The topological polar surface area (TPSA) is 93.2 Å². The van der Waals surface area contributed by atoms with Crippen LogP contribution >= 0.6 is 0 Å². The van der Waals surface area contributed by atoms with Gasteiger partial charge in [-0.05, 0) is 30.4 Å². The van der Waals surface area contributed by atoms with Gasteiger partial charge in [-0.1, -0.05) is 44.0 Å². The fourth-order valence-corrected chi connectivity index (χ4v) is 5.42. The van der Waals surface area contributed by atoms with Gasteiger partial charge in [0.2, 0.25) is 5.75 Å². The Morgan fingerprint density at radius 1 is 1.12 bits per heavy atom. The molecular weight excluding hydrogens is 418 g/mol. The standard InChI is InChI=1S/C25H29N5O3/c1-3-17-7-6-8-18(15-17)25(10-4-5-11-25)16-20-26-23(32)22(31)21-24(33)30(14-13-29(20)21)19-9-12-28(2)27-19/h6-9,12,15,31H,3-5,10-11,13-14,16H2,1-2H3. The van der Waals surface area contributed by atoms with Crippen LogP contribution < -0.4 is 10.5 Å². The number of hydrogen-bond donors (Lipinski definition) is 1. The normalized spacial score (nSPS) is 17.4. The van der Waals surface area contributed by atoms with E-state index in [1.165, 1.54) is 16.0 Å². The number of aryl methyl sites for hydroxylation is 2. The Hall–Kier alpha value is -3.42. The van der Waals surface area contributed by atoms with E-state index in [0.29, 0.717) is 31.2 Å². The number of rotatable bonds is 5. The predicted molar refractivity (Wildman–Crippen MR) is 125 cm³/mol. The fourth-order valence-electron chi connectivity index (χ4n) is 5.42. The molecule has 33 heavy (non-hydrogen) atoms. The van der Waals surface area contributed by atoms with Gasteiger partial charge in [0.15, 0.2) is 11.5 Å². The summed E-state index contributed by atoms with van der Waals surface area (Å²) in [5, 5.41) is 14.9. The highest BCUT2D eigenvalue weighted by Gasteiger charge is 2.39. The van der Waals surface area contributed by atoms with Crippen molar-refractivity contribution in [1.29, 1.82) is 0 Å². The molecule has 1 N–H and O–H groups in total. The highest BCUT2D eigenvalue weighted by atomic mass is 16.3. The molecule has 172 valence electrons. The van der Waals surface area contributed by atoms with Gasteiger partial charge in [-0.3, -0.25) is 19.2 Å². The maximum absolute atomic E-state index is 13.4. The minimum atomic E-state index is -0.747. The number of fused-ring (bicyclic) bond motifs is 1. The molecule has 0 atom stereocenters. The second-order valence-corrected chi connectivity index (χ2v) is 9.20. The number of aromatic nitrogens is 4. The molecule has 1 aliphatic heterocycles. The summed E-state index contributed by atoms with van der Waals surface area (Å²) < 4.78 is 3.37. The van der Waals surface area contributed by atoms with Crippen LogP contribution in [-0.2, 0) is 31.8 Å².